The number of likely N-dealkylation sites (N-methyl/N-ethyl adjacent to an activating group) is 1. The van der Waals surface area contributed by atoms with Crippen LogP contribution >= 0.6 is 0 Å². The molecule has 0 spiro atoms. The molecule has 0 bridgehead atoms. The van der Waals surface area contributed by atoms with Crippen LogP contribution in [0.25, 0.3) is 0 Å². The van der Waals surface area contributed by atoms with Crippen LogP contribution in [0.5, 0.6) is 5.75 Å². The zero-order chi connectivity index (χ0) is 18.1. The Labute approximate surface area is 156 Å². The average molecular weight is 346 g/mol. The summed E-state index contributed by atoms with van der Waals surface area (Å²) in [4.78, 5) is 2.71. The fourth-order valence-corrected chi connectivity index (χ4v) is 4.62. The molecule has 0 N–H and O–H groups in total. The molecule has 25 heavy (non-hydrogen) atoms. The Bertz CT molecular complexity index is 487. The highest BCUT2D eigenvalue weighted by molar-refractivity contribution is 5.32. The SMILES string of the molecule is CCCCCCC[C@H]1CC[C@H]([C@H](CCC)c2cccc(OC)c2)N1C. The van der Waals surface area contributed by atoms with E-state index >= 15 is 0 Å². The number of unbranched alkanes of at least 4 members (excludes halogenated alkanes) is 4. The molecule has 2 nitrogen and oxygen atoms in total. The first kappa shape index (κ1) is 20.3. The topological polar surface area (TPSA) is 12.5 Å². The van der Waals surface area contributed by atoms with Gasteiger partial charge in [-0.15, -0.1) is 0 Å². The minimum absolute atomic E-state index is 0.634. The Morgan fingerprint density at radius 2 is 1.88 bits per heavy atom. The van der Waals surface area contributed by atoms with Crippen molar-refractivity contribution in [2.24, 2.45) is 0 Å². The van der Waals surface area contributed by atoms with E-state index in [4.69, 9.17) is 4.74 Å². The summed E-state index contributed by atoms with van der Waals surface area (Å²) in [6.07, 6.45) is 13.6. The fraction of sp³-hybridized carbons (Fsp3) is 0.739. The standard InChI is InChI=1S/C23H39NO/c1-5-7-8-9-10-14-20-16-17-23(24(20)3)22(12-6-2)19-13-11-15-21(18-19)25-4/h11,13,15,18,20,22-23H,5-10,12,14,16-17H2,1-4H3/t20-,22+,23+/m0/s1. The first-order valence-corrected chi connectivity index (χ1v) is 10.6. The highest BCUT2D eigenvalue weighted by atomic mass is 16.5. The lowest BCUT2D eigenvalue weighted by atomic mass is 9.86. The predicted molar refractivity (Wildman–Crippen MR) is 109 cm³/mol. The number of methoxy groups -OCH3 is 1. The van der Waals surface area contributed by atoms with Gasteiger partial charge in [0.05, 0.1) is 7.11 Å². The summed E-state index contributed by atoms with van der Waals surface area (Å²) in [5, 5.41) is 0. The van der Waals surface area contributed by atoms with Crippen LogP contribution in [0, 0.1) is 0 Å². The van der Waals surface area contributed by atoms with Gasteiger partial charge in [-0.1, -0.05) is 64.5 Å². The molecule has 1 saturated heterocycles. The van der Waals surface area contributed by atoms with Gasteiger partial charge < -0.3 is 4.74 Å². The second-order valence-corrected chi connectivity index (χ2v) is 7.84. The van der Waals surface area contributed by atoms with Crippen molar-refractivity contribution in [3.8, 4) is 5.75 Å². The third-order valence-electron chi connectivity index (χ3n) is 6.12. The maximum absolute atomic E-state index is 5.47. The van der Waals surface area contributed by atoms with E-state index in [0.717, 1.165) is 11.8 Å². The molecule has 1 fully saturated rings. The molecule has 1 aromatic carbocycles. The average Bonchev–Trinajstić information content (AvgIpc) is 3.00. The summed E-state index contributed by atoms with van der Waals surface area (Å²) >= 11 is 0. The Balaban J connectivity index is 1.96. The van der Waals surface area contributed by atoms with E-state index in [-0.39, 0.29) is 0 Å². The second-order valence-electron chi connectivity index (χ2n) is 7.84. The molecule has 2 rings (SSSR count). The molecular weight excluding hydrogens is 306 g/mol. The normalized spacial score (nSPS) is 22.2. The number of ether oxygens (including phenoxy) is 1. The molecular formula is C23H39NO. The monoisotopic (exact) mass is 345 g/mol. The molecule has 2 heteroatoms. The Morgan fingerprint density at radius 3 is 2.60 bits per heavy atom. The smallest absolute Gasteiger partial charge is 0.119 e. The largest absolute Gasteiger partial charge is 0.497 e. The number of hydrogen-bond donors (Lipinski definition) is 0. The van der Waals surface area contributed by atoms with E-state index in [2.05, 4.69) is 50.1 Å². The Hall–Kier alpha value is -1.02. The lowest BCUT2D eigenvalue weighted by Gasteiger charge is -2.32. The van der Waals surface area contributed by atoms with Crippen LogP contribution in [0.1, 0.15) is 89.5 Å². The lowest BCUT2D eigenvalue weighted by molar-refractivity contribution is 0.198. The summed E-state index contributed by atoms with van der Waals surface area (Å²) in [6, 6.07) is 10.2. The zero-order valence-electron chi connectivity index (χ0n) is 17.0. The maximum atomic E-state index is 5.47. The van der Waals surface area contributed by atoms with Gasteiger partial charge >= 0.3 is 0 Å². The zero-order valence-corrected chi connectivity index (χ0v) is 17.0. The van der Waals surface area contributed by atoms with Crippen molar-refractivity contribution in [1.29, 1.82) is 0 Å². The molecule has 0 aliphatic carbocycles. The quantitative estimate of drug-likeness (QED) is 0.430. The van der Waals surface area contributed by atoms with Gasteiger partial charge in [-0.2, -0.15) is 0 Å². The van der Waals surface area contributed by atoms with Gasteiger partial charge in [0, 0.05) is 12.1 Å². The van der Waals surface area contributed by atoms with Crippen LogP contribution in [-0.2, 0) is 0 Å². The number of rotatable bonds is 11. The minimum atomic E-state index is 0.634. The van der Waals surface area contributed by atoms with E-state index in [1.807, 2.05) is 0 Å². The molecule has 0 amide bonds. The first-order valence-electron chi connectivity index (χ1n) is 10.6. The van der Waals surface area contributed by atoms with Crippen LogP contribution < -0.4 is 4.74 Å². The minimum Gasteiger partial charge on any atom is -0.497 e. The van der Waals surface area contributed by atoms with E-state index in [1.54, 1.807) is 7.11 Å². The van der Waals surface area contributed by atoms with Crippen molar-refractivity contribution < 1.29 is 4.74 Å². The highest BCUT2D eigenvalue weighted by Crippen LogP contribution is 2.38. The number of hydrogen-bond acceptors (Lipinski definition) is 2. The molecule has 142 valence electrons. The number of likely N-dealkylation sites (tertiary alicyclic amines) is 1. The molecule has 1 heterocycles. The third-order valence-corrected chi connectivity index (χ3v) is 6.12. The van der Waals surface area contributed by atoms with E-state index in [1.165, 1.54) is 69.8 Å². The van der Waals surface area contributed by atoms with Crippen molar-refractivity contribution in [2.75, 3.05) is 14.2 Å². The van der Waals surface area contributed by atoms with Gasteiger partial charge in [0.15, 0.2) is 0 Å². The van der Waals surface area contributed by atoms with Crippen molar-refractivity contribution in [1.82, 2.24) is 4.90 Å². The third kappa shape index (κ3) is 5.74. The van der Waals surface area contributed by atoms with Crippen molar-refractivity contribution in [3.63, 3.8) is 0 Å². The van der Waals surface area contributed by atoms with Gasteiger partial charge in [0.25, 0.3) is 0 Å². The van der Waals surface area contributed by atoms with Crippen LogP contribution in [0.3, 0.4) is 0 Å². The van der Waals surface area contributed by atoms with Gasteiger partial charge in [-0.05, 0) is 56.3 Å². The van der Waals surface area contributed by atoms with Crippen LogP contribution in [0.4, 0.5) is 0 Å². The van der Waals surface area contributed by atoms with E-state index < -0.39 is 0 Å². The molecule has 0 aromatic heterocycles. The Kier molecular flexibility index (Phi) is 8.81. The van der Waals surface area contributed by atoms with Crippen LogP contribution in [0.2, 0.25) is 0 Å². The summed E-state index contributed by atoms with van der Waals surface area (Å²) in [5.41, 5.74) is 1.46. The first-order chi connectivity index (χ1) is 12.2. The van der Waals surface area contributed by atoms with E-state index in [9.17, 15) is 0 Å². The summed E-state index contributed by atoms with van der Waals surface area (Å²) in [6.45, 7) is 4.61. The predicted octanol–water partition coefficient (Wildman–Crippen LogP) is 6.40. The number of benzene rings is 1. The van der Waals surface area contributed by atoms with Gasteiger partial charge in [-0.25, -0.2) is 0 Å². The van der Waals surface area contributed by atoms with Gasteiger partial charge in [-0.3, -0.25) is 4.90 Å². The van der Waals surface area contributed by atoms with Crippen LogP contribution in [-0.4, -0.2) is 31.1 Å². The fourth-order valence-electron chi connectivity index (χ4n) is 4.62. The van der Waals surface area contributed by atoms with Crippen molar-refractivity contribution in [3.05, 3.63) is 29.8 Å². The molecule has 1 aromatic rings. The lowest BCUT2D eigenvalue weighted by Crippen LogP contribution is -2.36. The maximum Gasteiger partial charge on any atom is 0.119 e. The van der Waals surface area contributed by atoms with Gasteiger partial charge in [0.1, 0.15) is 5.75 Å². The van der Waals surface area contributed by atoms with Crippen molar-refractivity contribution >= 4 is 0 Å². The molecule has 0 radical (unpaired) electrons. The summed E-state index contributed by atoms with van der Waals surface area (Å²) in [7, 11) is 4.14. The molecule has 0 unspecified atom stereocenters. The summed E-state index contributed by atoms with van der Waals surface area (Å²) < 4.78 is 5.47. The van der Waals surface area contributed by atoms with E-state index in [0.29, 0.717) is 12.0 Å². The summed E-state index contributed by atoms with van der Waals surface area (Å²) in [5.74, 6) is 1.63. The molecule has 1 aliphatic heterocycles. The second kappa shape index (κ2) is 10.9. The number of nitrogens with zero attached hydrogens (tertiary/aromatic N) is 1. The highest BCUT2D eigenvalue weighted by Gasteiger charge is 2.35. The van der Waals surface area contributed by atoms with Crippen LogP contribution in [0.15, 0.2) is 24.3 Å². The molecule has 3 atom stereocenters. The Morgan fingerprint density at radius 1 is 1.08 bits per heavy atom. The molecule has 0 saturated carbocycles. The molecule has 1 aliphatic rings. The van der Waals surface area contributed by atoms with Crippen molar-refractivity contribution in [2.45, 2.75) is 96.1 Å². The van der Waals surface area contributed by atoms with Gasteiger partial charge in [0.2, 0.25) is 0 Å².